The number of carbonyl (C=O) groups excluding carboxylic acids is 2. The van der Waals surface area contributed by atoms with Crippen molar-refractivity contribution in [2.24, 2.45) is 11.8 Å². The van der Waals surface area contributed by atoms with Crippen LogP contribution in [0.2, 0.25) is 0 Å². The maximum atomic E-state index is 13.1. The maximum absolute atomic E-state index is 13.1. The lowest BCUT2D eigenvalue weighted by atomic mass is 9.97. The topological polar surface area (TPSA) is 70.7 Å². The van der Waals surface area contributed by atoms with Crippen LogP contribution in [0.3, 0.4) is 0 Å². The van der Waals surface area contributed by atoms with Crippen LogP contribution in [-0.4, -0.2) is 44.2 Å². The Morgan fingerprint density at radius 3 is 2.53 bits per heavy atom. The summed E-state index contributed by atoms with van der Waals surface area (Å²) in [6.07, 6.45) is 8.61. The molecule has 2 saturated heterocycles. The standard InChI is InChI=1S/C24H35N3O3/c1-17-10-12-27(13-11-17)22-9-8-19(26-23(28)18-5-2-3-6-18)15-21(22)24(29)25-16-20-7-4-14-30-20/h8-9,15,17-18,20H,2-7,10-14,16H2,1H3,(H,25,29)(H,26,28)/t20-/m0/s1. The molecule has 0 spiro atoms. The minimum absolute atomic E-state index is 0.0813. The van der Waals surface area contributed by atoms with Crippen LogP contribution in [-0.2, 0) is 9.53 Å². The molecule has 30 heavy (non-hydrogen) atoms. The molecule has 6 nitrogen and oxygen atoms in total. The van der Waals surface area contributed by atoms with Crippen molar-refractivity contribution in [2.75, 3.05) is 36.5 Å². The lowest BCUT2D eigenvalue weighted by Crippen LogP contribution is -2.36. The van der Waals surface area contributed by atoms with Gasteiger partial charge in [0.1, 0.15) is 0 Å². The van der Waals surface area contributed by atoms with Crippen LogP contribution in [0.25, 0.3) is 0 Å². The molecule has 4 rings (SSSR count). The highest BCUT2D eigenvalue weighted by molar-refractivity contribution is 6.02. The van der Waals surface area contributed by atoms with Gasteiger partial charge in [0.15, 0.2) is 0 Å². The number of rotatable bonds is 6. The first-order valence-electron chi connectivity index (χ1n) is 11.7. The van der Waals surface area contributed by atoms with Crippen LogP contribution in [0.15, 0.2) is 18.2 Å². The summed E-state index contributed by atoms with van der Waals surface area (Å²) in [6, 6.07) is 5.80. The van der Waals surface area contributed by atoms with E-state index in [1.165, 1.54) is 0 Å². The van der Waals surface area contributed by atoms with E-state index in [0.29, 0.717) is 17.8 Å². The molecule has 2 aliphatic heterocycles. The van der Waals surface area contributed by atoms with Gasteiger partial charge in [-0.1, -0.05) is 19.8 Å². The third-order valence-corrected chi connectivity index (χ3v) is 6.87. The van der Waals surface area contributed by atoms with Gasteiger partial charge in [-0.2, -0.15) is 0 Å². The Bertz CT molecular complexity index is 746. The van der Waals surface area contributed by atoms with Crippen molar-refractivity contribution in [2.45, 2.75) is 64.4 Å². The van der Waals surface area contributed by atoms with Gasteiger partial charge in [-0.3, -0.25) is 9.59 Å². The molecule has 2 N–H and O–H groups in total. The summed E-state index contributed by atoms with van der Waals surface area (Å²) in [4.78, 5) is 28.0. The van der Waals surface area contributed by atoms with Crippen molar-refractivity contribution in [3.63, 3.8) is 0 Å². The second-order valence-corrected chi connectivity index (χ2v) is 9.22. The van der Waals surface area contributed by atoms with Gasteiger partial charge >= 0.3 is 0 Å². The molecule has 1 aromatic rings. The Morgan fingerprint density at radius 1 is 1.07 bits per heavy atom. The number of amides is 2. The molecule has 1 saturated carbocycles. The Balaban J connectivity index is 1.50. The van der Waals surface area contributed by atoms with Crippen LogP contribution in [0.5, 0.6) is 0 Å². The number of piperidine rings is 1. The third-order valence-electron chi connectivity index (χ3n) is 6.87. The Labute approximate surface area is 179 Å². The van der Waals surface area contributed by atoms with E-state index in [4.69, 9.17) is 4.74 Å². The maximum Gasteiger partial charge on any atom is 0.253 e. The van der Waals surface area contributed by atoms with E-state index in [-0.39, 0.29) is 23.8 Å². The first-order valence-corrected chi connectivity index (χ1v) is 11.7. The molecule has 0 unspecified atom stereocenters. The highest BCUT2D eigenvalue weighted by Crippen LogP contribution is 2.30. The molecular formula is C24H35N3O3. The molecule has 164 valence electrons. The summed E-state index contributed by atoms with van der Waals surface area (Å²) in [5.74, 6) is 0.821. The van der Waals surface area contributed by atoms with Crippen molar-refractivity contribution in [3.8, 4) is 0 Å². The summed E-state index contributed by atoms with van der Waals surface area (Å²) in [5.41, 5.74) is 2.32. The van der Waals surface area contributed by atoms with Crippen LogP contribution in [0.1, 0.15) is 68.6 Å². The predicted octanol–water partition coefficient (Wildman–Crippen LogP) is 3.96. The number of hydrogen-bond donors (Lipinski definition) is 2. The fraction of sp³-hybridized carbons (Fsp3) is 0.667. The Morgan fingerprint density at radius 2 is 1.83 bits per heavy atom. The largest absolute Gasteiger partial charge is 0.376 e. The Kier molecular flexibility index (Phi) is 6.93. The zero-order valence-corrected chi connectivity index (χ0v) is 18.1. The quantitative estimate of drug-likeness (QED) is 0.741. The fourth-order valence-corrected chi connectivity index (χ4v) is 4.86. The lowest BCUT2D eigenvalue weighted by molar-refractivity contribution is -0.119. The normalized spacial score (nSPS) is 23.0. The van der Waals surface area contributed by atoms with E-state index in [9.17, 15) is 9.59 Å². The number of hydrogen-bond acceptors (Lipinski definition) is 4. The third kappa shape index (κ3) is 5.15. The summed E-state index contributed by atoms with van der Waals surface area (Å²) in [6.45, 7) is 5.52. The van der Waals surface area contributed by atoms with Gasteiger partial charge in [-0.25, -0.2) is 0 Å². The highest BCUT2D eigenvalue weighted by atomic mass is 16.5. The predicted molar refractivity (Wildman–Crippen MR) is 119 cm³/mol. The first-order chi connectivity index (χ1) is 14.6. The smallest absolute Gasteiger partial charge is 0.253 e. The highest BCUT2D eigenvalue weighted by Gasteiger charge is 2.25. The molecule has 1 aliphatic carbocycles. The number of nitrogens with zero attached hydrogens (tertiary/aromatic N) is 1. The molecular weight excluding hydrogens is 378 g/mol. The molecule has 2 heterocycles. The number of anilines is 2. The Hall–Kier alpha value is -2.08. The van der Waals surface area contributed by atoms with E-state index in [1.807, 2.05) is 18.2 Å². The second kappa shape index (κ2) is 9.82. The van der Waals surface area contributed by atoms with Gasteiger partial charge in [0.05, 0.1) is 11.7 Å². The number of nitrogens with one attached hydrogen (secondary N) is 2. The summed E-state index contributed by atoms with van der Waals surface area (Å²) in [5, 5.41) is 6.11. The van der Waals surface area contributed by atoms with E-state index in [2.05, 4.69) is 22.5 Å². The molecule has 0 radical (unpaired) electrons. The fourth-order valence-electron chi connectivity index (χ4n) is 4.86. The van der Waals surface area contributed by atoms with Gasteiger partial charge < -0.3 is 20.3 Å². The van der Waals surface area contributed by atoms with Gasteiger partial charge in [0.25, 0.3) is 5.91 Å². The molecule has 6 heteroatoms. The van der Waals surface area contributed by atoms with E-state index < -0.39 is 0 Å². The van der Waals surface area contributed by atoms with E-state index in [0.717, 1.165) is 82.7 Å². The van der Waals surface area contributed by atoms with Crippen molar-refractivity contribution < 1.29 is 14.3 Å². The van der Waals surface area contributed by atoms with Gasteiger partial charge in [-0.05, 0) is 62.6 Å². The average Bonchev–Trinajstić information content (AvgIpc) is 3.47. The number of ether oxygens (including phenoxy) is 1. The van der Waals surface area contributed by atoms with Crippen molar-refractivity contribution >= 4 is 23.2 Å². The van der Waals surface area contributed by atoms with Crippen LogP contribution in [0, 0.1) is 11.8 Å². The SMILES string of the molecule is CC1CCN(c2ccc(NC(=O)C3CCCC3)cc2C(=O)NC[C@@H]2CCCO2)CC1. The monoisotopic (exact) mass is 413 g/mol. The molecule has 1 atom stereocenters. The molecule has 3 fully saturated rings. The molecule has 1 aromatic carbocycles. The van der Waals surface area contributed by atoms with Gasteiger partial charge in [-0.15, -0.1) is 0 Å². The van der Waals surface area contributed by atoms with Crippen LogP contribution >= 0.6 is 0 Å². The average molecular weight is 414 g/mol. The van der Waals surface area contributed by atoms with Gasteiger partial charge in [0, 0.05) is 43.5 Å². The summed E-state index contributed by atoms with van der Waals surface area (Å²) in [7, 11) is 0. The van der Waals surface area contributed by atoms with E-state index in [1.54, 1.807) is 0 Å². The molecule has 2 amide bonds. The van der Waals surface area contributed by atoms with E-state index >= 15 is 0 Å². The second-order valence-electron chi connectivity index (χ2n) is 9.22. The van der Waals surface area contributed by atoms with Crippen LogP contribution < -0.4 is 15.5 Å². The van der Waals surface area contributed by atoms with Crippen molar-refractivity contribution in [3.05, 3.63) is 23.8 Å². The molecule has 3 aliphatic rings. The summed E-state index contributed by atoms with van der Waals surface area (Å²) < 4.78 is 5.65. The summed E-state index contributed by atoms with van der Waals surface area (Å²) >= 11 is 0. The van der Waals surface area contributed by atoms with Gasteiger partial charge in [0.2, 0.25) is 5.91 Å². The minimum Gasteiger partial charge on any atom is -0.376 e. The lowest BCUT2D eigenvalue weighted by Gasteiger charge is -2.33. The zero-order chi connectivity index (χ0) is 20.9. The zero-order valence-electron chi connectivity index (χ0n) is 18.1. The minimum atomic E-state index is -0.0870. The number of carbonyl (C=O) groups is 2. The number of benzene rings is 1. The molecule has 0 aromatic heterocycles. The molecule has 0 bridgehead atoms. The van der Waals surface area contributed by atoms with Crippen LogP contribution in [0.4, 0.5) is 11.4 Å². The van der Waals surface area contributed by atoms with Crippen molar-refractivity contribution in [1.82, 2.24) is 5.32 Å². The van der Waals surface area contributed by atoms with Crippen molar-refractivity contribution in [1.29, 1.82) is 0 Å². The first kappa shape index (κ1) is 21.2.